The smallest absolute Gasteiger partial charge is 0.341 e. The molecule has 0 radical (unpaired) electrons. The highest BCUT2D eigenvalue weighted by Crippen LogP contribution is 2.64. The second-order valence-electron chi connectivity index (χ2n) is 6.84. The van der Waals surface area contributed by atoms with E-state index in [-0.39, 0.29) is 38.0 Å². The molecule has 0 aliphatic heterocycles. The Hall–Kier alpha value is -2.69. The Morgan fingerprint density at radius 2 is 1.60 bits per heavy atom. The first kappa shape index (κ1) is 26.9. The predicted molar refractivity (Wildman–Crippen MR) is 128 cm³/mol. The summed E-state index contributed by atoms with van der Waals surface area (Å²) in [6, 6.07) is 9.63. The average molecular weight is 543 g/mol. The molecule has 1 N–H and O–H groups in total. The van der Waals surface area contributed by atoms with Gasteiger partial charge in [0.2, 0.25) is 11.8 Å². The van der Waals surface area contributed by atoms with Crippen molar-refractivity contribution in [2.45, 2.75) is 15.7 Å². The number of nitrogens with zero attached hydrogens (tertiary/aromatic N) is 2. The Kier molecular flexibility index (Phi) is 8.74. The molecule has 0 spiro atoms. The lowest BCUT2D eigenvalue weighted by Crippen LogP contribution is -2.10. The Morgan fingerprint density at radius 1 is 1.03 bits per heavy atom. The lowest BCUT2D eigenvalue weighted by Gasteiger charge is -2.26. The third-order valence-electron chi connectivity index (χ3n) is 4.93. The highest BCUT2D eigenvalue weighted by Gasteiger charge is 2.39. The maximum Gasteiger partial charge on any atom is 0.341 e. The number of aromatic nitrogens is 2. The summed E-state index contributed by atoms with van der Waals surface area (Å²) in [5.41, 5.74) is -0.879. The number of carboxylic acid groups (broad SMARTS) is 1. The van der Waals surface area contributed by atoms with Crippen LogP contribution in [0.25, 0.3) is 0 Å². The van der Waals surface area contributed by atoms with Gasteiger partial charge < -0.3 is 23.6 Å². The van der Waals surface area contributed by atoms with Crippen LogP contribution in [0.15, 0.2) is 52.5 Å². The minimum absolute atomic E-state index is 0.155. The fourth-order valence-electron chi connectivity index (χ4n) is 3.27. The van der Waals surface area contributed by atoms with Crippen LogP contribution in [0.4, 0.5) is 4.39 Å². The van der Waals surface area contributed by atoms with E-state index in [1.54, 1.807) is 0 Å². The van der Waals surface area contributed by atoms with Gasteiger partial charge >= 0.3 is 13.6 Å². The highest BCUT2D eigenvalue weighted by atomic mass is 35.5. The minimum Gasteiger partial charge on any atom is -0.481 e. The molecule has 0 amide bonds. The number of hydrogen-bond donors (Lipinski definition) is 1. The monoisotopic (exact) mass is 542 g/mol. The van der Waals surface area contributed by atoms with Crippen molar-refractivity contribution in [1.82, 2.24) is 9.97 Å². The van der Waals surface area contributed by atoms with Crippen LogP contribution in [0, 0.1) is 5.82 Å². The van der Waals surface area contributed by atoms with Crippen LogP contribution in [-0.4, -0.2) is 49.5 Å². The second-order valence-corrected chi connectivity index (χ2v) is 10.6. The highest BCUT2D eigenvalue weighted by molar-refractivity contribution is 7.99. The van der Waals surface area contributed by atoms with Crippen LogP contribution in [0.1, 0.15) is 27.1 Å². The molecular formula is C22H21ClFN2O7PS. The van der Waals surface area contributed by atoms with Gasteiger partial charge in [-0.15, -0.1) is 0 Å². The third kappa shape index (κ3) is 5.76. The van der Waals surface area contributed by atoms with E-state index in [4.69, 9.17) is 30.1 Å². The molecule has 1 atom stereocenters. The zero-order valence-corrected chi connectivity index (χ0v) is 21.5. The van der Waals surface area contributed by atoms with E-state index in [1.807, 2.05) is 0 Å². The molecule has 3 rings (SSSR count). The fraction of sp³-hybridized carbons (Fsp3) is 0.227. The summed E-state index contributed by atoms with van der Waals surface area (Å²) in [5, 5.41) is 9.95. The minimum atomic E-state index is -3.89. The lowest BCUT2D eigenvalue weighted by molar-refractivity contribution is 0.0693. The topological polar surface area (TPSA) is 117 Å². The number of ether oxygens (including phenoxy) is 2. The molecule has 1 unspecified atom stereocenters. The van der Waals surface area contributed by atoms with E-state index in [0.29, 0.717) is 5.56 Å². The maximum absolute atomic E-state index is 13.6. The largest absolute Gasteiger partial charge is 0.481 e. The lowest BCUT2D eigenvalue weighted by atomic mass is 10.0. The molecular weight excluding hydrogens is 522 g/mol. The molecule has 0 aliphatic carbocycles. The van der Waals surface area contributed by atoms with Crippen molar-refractivity contribution < 1.29 is 37.4 Å². The van der Waals surface area contributed by atoms with Gasteiger partial charge in [-0.2, -0.15) is 9.97 Å². The molecule has 186 valence electrons. The molecule has 0 fully saturated rings. The predicted octanol–water partition coefficient (Wildman–Crippen LogP) is 5.71. The summed E-state index contributed by atoms with van der Waals surface area (Å²) in [6.45, 7) is 0. The molecule has 9 nitrogen and oxygen atoms in total. The number of carbonyl (C=O) groups is 1. The first-order valence-electron chi connectivity index (χ1n) is 9.84. The van der Waals surface area contributed by atoms with Crippen LogP contribution < -0.4 is 9.47 Å². The van der Waals surface area contributed by atoms with Gasteiger partial charge in [0.25, 0.3) is 0 Å². The third-order valence-corrected chi connectivity index (χ3v) is 8.49. The number of carboxylic acids is 1. The molecule has 0 saturated heterocycles. The van der Waals surface area contributed by atoms with Crippen molar-refractivity contribution in [2.24, 2.45) is 0 Å². The summed E-state index contributed by atoms with van der Waals surface area (Å²) in [5.74, 6) is -1.40. The summed E-state index contributed by atoms with van der Waals surface area (Å²) in [6.07, 6.45) is 0. The van der Waals surface area contributed by atoms with E-state index in [0.717, 1.165) is 11.8 Å². The van der Waals surface area contributed by atoms with Crippen molar-refractivity contribution in [2.75, 3.05) is 28.4 Å². The Bertz CT molecular complexity index is 1250. The van der Waals surface area contributed by atoms with Crippen molar-refractivity contribution in [3.63, 3.8) is 0 Å². The standard InChI is InChI=1S/C22H21ClFN2O7PS/c1-30-16-11-17(31-2)26-22(25-16)35-15-10-9-14(19(23)18(15)21(27)28)20(34(29,32-3)33-4)12-5-7-13(24)8-6-12/h5-11,20H,1-4H3,(H,27,28). The number of methoxy groups -OCH3 is 2. The van der Waals surface area contributed by atoms with Gasteiger partial charge in [-0.3, -0.25) is 4.57 Å². The van der Waals surface area contributed by atoms with Crippen LogP contribution >= 0.6 is 31.0 Å². The molecule has 0 bridgehead atoms. The molecule has 1 heterocycles. The Morgan fingerprint density at radius 3 is 2.09 bits per heavy atom. The zero-order chi connectivity index (χ0) is 25.8. The van der Waals surface area contributed by atoms with Crippen LogP contribution in [0.5, 0.6) is 11.8 Å². The van der Waals surface area contributed by atoms with Crippen LogP contribution in [0.3, 0.4) is 0 Å². The SMILES string of the molecule is COc1cc(OC)nc(Sc2ccc(C(c3ccc(F)cc3)P(=O)(OC)OC)c(Cl)c2C(=O)O)n1. The normalized spacial score (nSPS) is 12.3. The van der Waals surface area contributed by atoms with Crippen molar-refractivity contribution in [3.05, 3.63) is 70.0 Å². The average Bonchev–Trinajstić information content (AvgIpc) is 2.85. The van der Waals surface area contributed by atoms with Gasteiger partial charge in [0.05, 0.1) is 30.9 Å². The number of halogens is 2. The summed E-state index contributed by atoms with van der Waals surface area (Å²) in [7, 11) is 1.34. The van der Waals surface area contributed by atoms with Gasteiger partial charge in [0.1, 0.15) is 11.5 Å². The maximum atomic E-state index is 13.6. The van der Waals surface area contributed by atoms with Gasteiger partial charge in [-0.1, -0.05) is 29.8 Å². The van der Waals surface area contributed by atoms with Crippen LogP contribution in [0.2, 0.25) is 5.02 Å². The zero-order valence-electron chi connectivity index (χ0n) is 19.0. The molecule has 0 aliphatic rings. The van der Waals surface area contributed by atoms with Gasteiger partial charge in [0.15, 0.2) is 5.16 Å². The first-order valence-corrected chi connectivity index (χ1v) is 12.6. The molecule has 13 heteroatoms. The number of rotatable bonds is 10. The summed E-state index contributed by atoms with van der Waals surface area (Å²) >= 11 is 7.52. The number of hydrogen-bond acceptors (Lipinski definition) is 9. The fourth-order valence-corrected chi connectivity index (χ4v) is 6.32. The molecule has 35 heavy (non-hydrogen) atoms. The molecule has 3 aromatic rings. The van der Waals surface area contributed by atoms with E-state index in [1.165, 1.54) is 70.9 Å². The van der Waals surface area contributed by atoms with E-state index >= 15 is 0 Å². The Balaban J connectivity index is 2.18. The van der Waals surface area contributed by atoms with Gasteiger partial charge in [0, 0.05) is 19.1 Å². The van der Waals surface area contributed by atoms with Crippen LogP contribution in [-0.2, 0) is 13.6 Å². The quantitative estimate of drug-likeness (QED) is 0.252. The van der Waals surface area contributed by atoms with E-state index in [2.05, 4.69) is 9.97 Å². The van der Waals surface area contributed by atoms with Crippen molar-refractivity contribution in [1.29, 1.82) is 0 Å². The Labute approximate surface area is 210 Å². The summed E-state index contributed by atoms with van der Waals surface area (Å²) < 4.78 is 47.7. The summed E-state index contributed by atoms with van der Waals surface area (Å²) in [4.78, 5) is 20.9. The van der Waals surface area contributed by atoms with E-state index < -0.39 is 25.0 Å². The molecule has 0 saturated carbocycles. The van der Waals surface area contributed by atoms with Gasteiger partial charge in [-0.05, 0) is 41.1 Å². The number of benzene rings is 2. The molecule has 1 aromatic heterocycles. The second kappa shape index (κ2) is 11.4. The van der Waals surface area contributed by atoms with Gasteiger partial charge in [-0.25, -0.2) is 9.18 Å². The van der Waals surface area contributed by atoms with E-state index in [9.17, 15) is 18.9 Å². The van der Waals surface area contributed by atoms with Crippen molar-refractivity contribution >= 4 is 36.9 Å². The first-order chi connectivity index (χ1) is 16.7. The van der Waals surface area contributed by atoms with Crippen molar-refractivity contribution in [3.8, 4) is 11.8 Å². The number of aromatic carboxylic acids is 1. The molecule has 2 aromatic carbocycles.